The Morgan fingerprint density at radius 2 is 1.70 bits per heavy atom. The SMILES string of the molecule is CCCC#CCCC[C@H]1CCC(=O)[C@@H]1CC=CCCC(OC1CCCCO1)(OC1CCCCO1)C(=O)O. The van der Waals surface area contributed by atoms with Gasteiger partial charge in [0.25, 0.3) is 5.79 Å². The maximum absolute atomic E-state index is 12.5. The Morgan fingerprint density at radius 1 is 1.03 bits per heavy atom. The van der Waals surface area contributed by atoms with E-state index in [2.05, 4.69) is 18.8 Å². The zero-order valence-electron chi connectivity index (χ0n) is 22.6. The number of carboxylic acid groups (broad SMARTS) is 1. The molecule has 2 saturated heterocycles. The molecule has 0 amide bonds. The van der Waals surface area contributed by atoms with Crippen molar-refractivity contribution in [2.45, 2.75) is 128 Å². The normalized spacial score (nSPS) is 28.1. The summed E-state index contributed by atoms with van der Waals surface area (Å²) in [5.41, 5.74) is 0. The number of rotatable bonds is 14. The van der Waals surface area contributed by atoms with Crippen LogP contribution in [0.5, 0.6) is 0 Å². The number of carbonyl (C=O) groups excluding carboxylic acids is 1. The van der Waals surface area contributed by atoms with Crippen molar-refractivity contribution in [1.82, 2.24) is 0 Å². The Labute approximate surface area is 222 Å². The molecule has 0 aromatic rings. The van der Waals surface area contributed by atoms with Gasteiger partial charge in [0.05, 0.1) is 0 Å². The van der Waals surface area contributed by atoms with Gasteiger partial charge in [-0.2, -0.15) is 0 Å². The van der Waals surface area contributed by atoms with E-state index in [4.69, 9.17) is 18.9 Å². The summed E-state index contributed by atoms with van der Waals surface area (Å²) >= 11 is 0. The molecule has 7 nitrogen and oxygen atoms in total. The number of hydrogen-bond acceptors (Lipinski definition) is 6. The molecule has 0 aromatic heterocycles. The lowest BCUT2D eigenvalue weighted by Gasteiger charge is -2.37. The molecule has 0 radical (unpaired) electrons. The number of unbranched alkanes of at least 4 members (excludes halogenated alkanes) is 2. The first-order valence-corrected chi connectivity index (χ1v) is 14.5. The highest BCUT2D eigenvalue weighted by Crippen LogP contribution is 2.35. The van der Waals surface area contributed by atoms with Crippen molar-refractivity contribution in [3.8, 4) is 11.8 Å². The number of aliphatic carboxylic acids is 1. The van der Waals surface area contributed by atoms with Crippen LogP contribution >= 0.6 is 0 Å². The van der Waals surface area contributed by atoms with Gasteiger partial charge in [0.1, 0.15) is 5.78 Å². The monoisotopic (exact) mass is 518 g/mol. The molecule has 37 heavy (non-hydrogen) atoms. The van der Waals surface area contributed by atoms with Crippen LogP contribution in [0.25, 0.3) is 0 Å². The van der Waals surface area contributed by atoms with Gasteiger partial charge in [-0.15, -0.1) is 11.8 Å². The minimum absolute atomic E-state index is 0.0582. The molecule has 1 saturated carbocycles. The number of hydrogen-bond donors (Lipinski definition) is 1. The van der Waals surface area contributed by atoms with Gasteiger partial charge in [0.2, 0.25) is 0 Å². The van der Waals surface area contributed by atoms with E-state index in [0.717, 1.165) is 64.2 Å². The van der Waals surface area contributed by atoms with Crippen LogP contribution in [0.15, 0.2) is 12.2 Å². The zero-order chi connectivity index (χ0) is 26.3. The molecular weight excluding hydrogens is 472 g/mol. The summed E-state index contributed by atoms with van der Waals surface area (Å²) in [5.74, 6) is 4.28. The van der Waals surface area contributed by atoms with Crippen molar-refractivity contribution in [3.05, 3.63) is 12.2 Å². The van der Waals surface area contributed by atoms with Crippen molar-refractivity contribution in [2.75, 3.05) is 13.2 Å². The molecule has 3 fully saturated rings. The van der Waals surface area contributed by atoms with E-state index in [1.807, 2.05) is 12.2 Å². The minimum Gasteiger partial charge on any atom is -0.477 e. The highest BCUT2D eigenvalue weighted by atomic mass is 16.8. The predicted molar refractivity (Wildman–Crippen MR) is 140 cm³/mol. The molecular formula is C30H46O7. The highest BCUT2D eigenvalue weighted by Gasteiger charge is 2.46. The number of carboxylic acids is 1. The quantitative estimate of drug-likeness (QED) is 0.128. The van der Waals surface area contributed by atoms with Crippen molar-refractivity contribution >= 4 is 11.8 Å². The Bertz CT molecular complexity index is 763. The molecule has 0 bridgehead atoms. The summed E-state index contributed by atoms with van der Waals surface area (Å²) in [7, 11) is 0. The van der Waals surface area contributed by atoms with Gasteiger partial charge in [0.15, 0.2) is 12.6 Å². The summed E-state index contributed by atoms with van der Waals surface area (Å²) in [6, 6.07) is 0. The van der Waals surface area contributed by atoms with E-state index in [9.17, 15) is 14.7 Å². The van der Waals surface area contributed by atoms with Gasteiger partial charge in [0, 0.05) is 44.8 Å². The molecule has 3 aliphatic rings. The second-order valence-electron chi connectivity index (χ2n) is 10.5. The standard InChI is InChI=1S/C30H46O7/c1-2-3-4-5-6-8-15-24-19-20-26(31)25(24)16-9-7-12-21-30(29(32)33,36-27-17-10-13-22-34-27)37-28-18-11-14-23-35-28/h7,9,24-25,27-28H,2-3,6,8,10-23H2,1H3,(H,32,33)/t24-,25+,27?,28?,30?/m0/s1. The second-order valence-corrected chi connectivity index (χ2v) is 10.5. The number of ether oxygens (including phenoxy) is 4. The molecule has 0 aromatic carbocycles. The van der Waals surface area contributed by atoms with E-state index in [0.29, 0.717) is 57.0 Å². The van der Waals surface area contributed by atoms with E-state index in [-0.39, 0.29) is 12.3 Å². The van der Waals surface area contributed by atoms with Crippen molar-refractivity contribution in [1.29, 1.82) is 0 Å². The number of allylic oxidation sites excluding steroid dienone is 2. The lowest BCUT2D eigenvalue weighted by atomic mass is 9.88. The minimum atomic E-state index is -1.82. The molecule has 1 aliphatic carbocycles. The third-order valence-corrected chi connectivity index (χ3v) is 7.56. The van der Waals surface area contributed by atoms with Crippen molar-refractivity contribution < 1.29 is 33.6 Å². The molecule has 4 atom stereocenters. The summed E-state index contributed by atoms with van der Waals surface area (Å²) in [5, 5.41) is 10.2. The summed E-state index contributed by atoms with van der Waals surface area (Å²) in [4.78, 5) is 25.0. The molecule has 208 valence electrons. The Hall–Kier alpha value is -1.72. The van der Waals surface area contributed by atoms with Crippen LogP contribution in [-0.4, -0.2) is 48.4 Å². The Morgan fingerprint density at radius 3 is 2.30 bits per heavy atom. The molecule has 7 heteroatoms. The topological polar surface area (TPSA) is 91.3 Å². The first-order valence-electron chi connectivity index (χ1n) is 14.5. The maximum atomic E-state index is 12.5. The Kier molecular flexibility index (Phi) is 13.1. The van der Waals surface area contributed by atoms with Gasteiger partial charge < -0.3 is 24.1 Å². The van der Waals surface area contributed by atoms with Gasteiger partial charge in [-0.25, -0.2) is 4.79 Å². The average Bonchev–Trinajstić information content (AvgIpc) is 3.25. The van der Waals surface area contributed by atoms with Gasteiger partial charge in [-0.1, -0.05) is 19.1 Å². The molecule has 0 spiro atoms. The third kappa shape index (κ3) is 9.83. The lowest BCUT2D eigenvalue weighted by Crippen LogP contribution is -2.51. The summed E-state index contributed by atoms with van der Waals surface area (Å²) < 4.78 is 23.4. The fourth-order valence-electron chi connectivity index (χ4n) is 5.42. The molecule has 1 N–H and O–H groups in total. The Balaban J connectivity index is 1.53. The summed E-state index contributed by atoms with van der Waals surface area (Å²) in [6.45, 7) is 3.25. The van der Waals surface area contributed by atoms with Crippen LogP contribution in [0.4, 0.5) is 0 Å². The predicted octanol–water partition coefficient (Wildman–Crippen LogP) is 6.15. The molecule has 3 rings (SSSR count). The first kappa shape index (κ1) is 29.8. The van der Waals surface area contributed by atoms with E-state index in [1.165, 1.54) is 0 Å². The smallest absolute Gasteiger partial charge is 0.364 e. The largest absolute Gasteiger partial charge is 0.477 e. The second kappa shape index (κ2) is 16.3. The van der Waals surface area contributed by atoms with E-state index >= 15 is 0 Å². The van der Waals surface area contributed by atoms with Gasteiger partial charge in [-0.3, -0.25) is 4.79 Å². The number of Topliss-reactive ketones (excluding diaryl/α,β-unsaturated/α-hetero) is 1. The molecule has 2 aliphatic heterocycles. The van der Waals surface area contributed by atoms with Crippen LogP contribution in [0, 0.1) is 23.7 Å². The van der Waals surface area contributed by atoms with Crippen molar-refractivity contribution in [2.24, 2.45) is 11.8 Å². The maximum Gasteiger partial charge on any atom is 0.364 e. The third-order valence-electron chi connectivity index (χ3n) is 7.56. The fourth-order valence-corrected chi connectivity index (χ4v) is 5.42. The average molecular weight is 519 g/mol. The molecule has 2 heterocycles. The molecule has 2 unspecified atom stereocenters. The number of ketones is 1. The van der Waals surface area contributed by atoms with Crippen LogP contribution in [0.2, 0.25) is 0 Å². The van der Waals surface area contributed by atoms with E-state index in [1.54, 1.807) is 0 Å². The zero-order valence-corrected chi connectivity index (χ0v) is 22.6. The summed E-state index contributed by atoms with van der Waals surface area (Å²) in [6.07, 6.45) is 15.8. The van der Waals surface area contributed by atoms with E-state index < -0.39 is 24.3 Å². The van der Waals surface area contributed by atoms with Crippen LogP contribution in [0.1, 0.15) is 110 Å². The fraction of sp³-hybridized carbons (Fsp3) is 0.800. The first-order chi connectivity index (χ1) is 18.0. The number of carbonyl (C=O) groups is 2. The van der Waals surface area contributed by atoms with Crippen LogP contribution in [0.3, 0.4) is 0 Å². The van der Waals surface area contributed by atoms with Crippen molar-refractivity contribution in [3.63, 3.8) is 0 Å². The van der Waals surface area contributed by atoms with Gasteiger partial charge in [-0.05, 0) is 83.0 Å². The highest BCUT2D eigenvalue weighted by molar-refractivity contribution is 5.83. The van der Waals surface area contributed by atoms with Gasteiger partial charge >= 0.3 is 5.97 Å². The lowest BCUT2D eigenvalue weighted by molar-refractivity contribution is -0.352. The van der Waals surface area contributed by atoms with Crippen LogP contribution < -0.4 is 0 Å². The van der Waals surface area contributed by atoms with Crippen LogP contribution in [-0.2, 0) is 28.5 Å².